The van der Waals surface area contributed by atoms with E-state index in [2.05, 4.69) is 104 Å². The van der Waals surface area contributed by atoms with Crippen LogP contribution in [0, 0.1) is 0 Å². The molecule has 54 heavy (non-hydrogen) atoms. The minimum Gasteiger partial charge on any atom is -0.436 e. The summed E-state index contributed by atoms with van der Waals surface area (Å²) in [5.74, 6) is 0.0917. The number of fused-ring (bicyclic) bond motifs is 9. The SMILES string of the molecule is [2H]c1c([2H])c([2H])c2oc(-c3cc(-c4cccc(-c5ccc6c(c5)C(C)(C)c5ccc7c(c5-6)-c5ccccc5C7(C)C)c4)cc(-c4nc5c([2H])c([2H])c([2H])c([2H])c5o4)c3)nc2c1[2H]. The van der Waals surface area contributed by atoms with Gasteiger partial charge in [0.15, 0.2) is 11.2 Å². The van der Waals surface area contributed by atoms with Crippen molar-refractivity contribution in [3.05, 3.63) is 168 Å². The van der Waals surface area contributed by atoms with Gasteiger partial charge in [-0.1, -0.05) is 119 Å². The van der Waals surface area contributed by atoms with Gasteiger partial charge in [0.05, 0.1) is 11.0 Å². The van der Waals surface area contributed by atoms with E-state index in [1.54, 1.807) is 6.07 Å². The van der Waals surface area contributed by atoms with Gasteiger partial charge in [-0.2, -0.15) is 0 Å². The Hall–Kier alpha value is -6.52. The molecule has 2 aliphatic carbocycles. The summed E-state index contributed by atoms with van der Waals surface area (Å²) in [6.07, 6.45) is 0. The first-order chi connectivity index (χ1) is 29.6. The zero-order valence-electron chi connectivity index (χ0n) is 37.9. The molecule has 0 atom stereocenters. The van der Waals surface area contributed by atoms with Crippen molar-refractivity contribution in [3.8, 4) is 67.4 Å². The van der Waals surface area contributed by atoms with Crippen molar-refractivity contribution < 1.29 is 19.8 Å². The van der Waals surface area contributed by atoms with E-state index in [0.717, 1.165) is 16.7 Å². The number of aromatic nitrogens is 2. The molecule has 258 valence electrons. The maximum atomic E-state index is 8.48. The highest BCUT2D eigenvalue weighted by Crippen LogP contribution is 2.59. The number of hydrogen-bond donors (Lipinski definition) is 0. The van der Waals surface area contributed by atoms with Crippen molar-refractivity contribution in [2.24, 2.45) is 0 Å². The first-order valence-electron chi connectivity index (χ1n) is 22.0. The van der Waals surface area contributed by atoms with Crippen LogP contribution in [0.4, 0.5) is 0 Å². The van der Waals surface area contributed by atoms with Gasteiger partial charge in [0.25, 0.3) is 0 Å². The van der Waals surface area contributed by atoms with Gasteiger partial charge >= 0.3 is 0 Å². The molecule has 0 bridgehead atoms. The zero-order valence-corrected chi connectivity index (χ0v) is 29.9. The Labute approximate surface area is 325 Å². The minimum atomic E-state index is -0.431. The van der Waals surface area contributed by atoms with Crippen molar-refractivity contribution >= 4 is 22.2 Å². The van der Waals surface area contributed by atoms with E-state index in [9.17, 15) is 0 Å². The second-order valence-corrected chi connectivity index (χ2v) is 15.2. The van der Waals surface area contributed by atoms with Crippen LogP contribution in [0.15, 0.2) is 154 Å². The van der Waals surface area contributed by atoms with Crippen LogP contribution in [0.1, 0.15) is 60.9 Å². The molecule has 0 saturated heterocycles. The second kappa shape index (κ2) is 11.0. The maximum absolute atomic E-state index is 8.48. The van der Waals surface area contributed by atoms with Gasteiger partial charge in [0, 0.05) is 22.0 Å². The molecule has 2 aliphatic rings. The number of benzene rings is 7. The zero-order chi connectivity index (χ0) is 43.3. The summed E-state index contributed by atoms with van der Waals surface area (Å²) < 4.78 is 78.8. The molecule has 2 aromatic heterocycles. The van der Waals surface area contributed by atoms with E-state index < -0.39 is 24.2 Å². The lowest BCUT2D eigenvalue weighted by molar-refractivity contribution is 0.617. The third kappa shape index (κ3) is 4.43. The molecule has 4 heteroatoms. The monoisotopic (exact) mass is 704 g/mol. The van der Waals surface area contributed by atoms with E-state index in [1.807, 2.05) is 24.3 Å². The molecule has 2 heterocycles. The summed E-state index contributed by atoms with van der Waals surface area (Å²) in [5, 5.41) is 0. The molecule has 11 rings (SSSR count). The van der Waals surface area contributed by atoms with E-state index in [0.29, 0.717) is 16.7 Å². The maximum Gasteiger partial charge on any atom is 0.227 e. The molecule has 0 spiro atoms. The van der Waals surface area contributed by atoms with Gasteiger partial charge in [0.2, 0.25) is 11.8 Å². The van der Waals surface area contributed by atoms with Crippen LogP contribution in [-0.4, -0.2) is 9.97 Å². The number of para-hydroxylation sites is 4. The lowest BCUT2D eigenvalue weighted by atomic mass is 9.79. The standard InChI is InChI=1S/C50H36N2O2/c1-49(2)37-15-6-5-14-35(37)45-38(49)22-23-39-46(45)36-21-20-31(28-40(36)50(39,3)4)29-12-11-13-30(24-29)32-25-33(47-51-41-16-7-9-18-43(41)53-47)27-34(26-32)48-52-42-17-8-10-19-44(42)54-48/h5-28H,1-4H3/i7D,8D,9D,10D,16D,17D,18D,19D. The molecule has 7 aromatic carbocycles. The van der Waals surface area contributed by atoms with Gasteiger partial charge in [-0.3, -0.25) is 0 Å². The Morgan fingerprint density at radius 2 is 0.944 bits per heavy atom. The van der Waals surface area contributed by atoms with E-state index >= 15 is 0 Å². The molecular weight excluding hydrogens is 661 g/mol. The van der Waals surface area contributed by atoms with Crippen LogP contribution < -0.4 is 0 Å². The Morgan fingerprint density at radius 1 is 0.444 bits per heavy atom. The minimum absolute atomic E-state index is 0.00924. The quantitative estimate of drug-likeness (QED) is 0.183. The molecule has 0 amide bonds. The molecule has 0 fully saturated rings. The van der Waals surface area contributed by atoms with Crippen LogP contribution in [0.25, 0.3) is 89.6 Å². The molecule has 0 saturated carbocycles. The predicted octanol–water partition coefficient (Wildman–Crippen LogP) is 13.2. The van der Waals surface area contributed by atoms with Crippen LogP contribution in [-0.2, 0) is 10.8 Å². The molecule has 0 aliphatic heterocycles. The summed E-state index contributed by atoms with van der Waals surface area (Å²) in [4.78, 5) is 9.08. The van der Waals surface area contributed by atoms with Crippen molar-refractivity contribution in [1.82, 2.24) is 9.97 Å². The number of hydrogen-bond acceptors (Lipinski definition) is 4. The summed E-state index contributed by atoms with van der Waals surface area (Å²) in [5.41, 5.74) is 14.3. The van der Waals surface area contributed by atoms with Crippen molar-refractivity contribution in [1.29, 1.82) is 0 Å². The van der Waals surface area contributed by atoms with Gasteiger partial charge in [-0.15, -0.1) is 0 Å². The highest BCUT2D eigenvalue weighted by Gasteiger charge is 2.43. The average molecular weight is 705 g/mol. The Balaban J connectivity index is 1.06. The van der Waals surface area contributed by atoms with Crippen LogP contribution in [0.2, 0.25) is 0 Å². The van der Waals surface area contributed by atoms with E-state index in [-0.39, 0.29) is 69.0 Å². The topological polar surface area (TPSA) is 52.1 Å². The van der Waals surface area contributed by atoms with Gasteiger partial charge in [0.1, 0.15) is 11.0 Å². The number of oxazole rings is 2. The van der Waals surface area contributed by atoms with Crippen LogP contribution in [0.5, 0.6) is 0 Å². The summed E-state index contributed by atoms with van der Waals surface area (Å²) in [6.45, 7) is 9.22. The third-order valence-electron chi connectivity index (χ3n) is 11.4. The summed E-state index contributed by atoms with van der Waals surface area (Å²) in [6, 6.07) is 30.7. The smallest absolute Gasteiger partial charge is 0.227 e. The number of rotatable bonds is 4. The van der Waals surface area contributed by atoms with Gasteiger partial charge in [-0.25, -0.2) is 9.97 Å². The first kappa shape index (κ1) is 23.9. The summed E-state index contributed by atoms with van der Waals surface area (Å²) in [7, 11) is 0. The lowest BCUT2D eigenvalue weighted by Gasteiger charge is -2.24. The van der Waals surface area contributed by atoms with Gasteiger partial charge < -0.3 is 8.83 Å². The lowest BCUT2D eigenvalue weighted by Crippen LogP contribution is -2.17. The van der Waals surface area contributed by atoms with E-state index in [4.69, 9.17) is 19.8 Å². The van der Waals surface area contributed by atoms with Crippen LogP contribution in [0.3, 0.4) is 0 Å². The molecular formula is C50H36N2O2. The largest absolute Gasteiger partial charge is 0.436 e. The molecule has 4 nitrogen and oxygen atoms in total. The van der Waals surface area contributed by atoms with E-state index in [1.165, 1.54) is 44.5 Å². The highest BCUT2D eigenvalue weighted by atomic mass is 16.4. The number of nitrogens with zero attached hydrogens (tertiary/aromatic N) is 2. The normalized spacial score (nSPS) is 16.7. The highest BCUT2D eigenvalue weighted by molar-refractivity contribution is 5.99. The first-order valence-corrected chi connectivity index (χ1v) is 18.0. The van der Waals surface area contributed by atoms with Crippen molar-refractivity contribution in [2.75, 3.05) is 0 Å². The Bertz CT molecular complexity index is 3270. The second-order valence-electron chi connectivity index (χ2n) is 15.2. The molecule has 0 N–H and O–H groups in total. The Kier molecular flexibility index (Phi) is 4.87. The predicted molar refractivity (Wildman–Crippen MR) is 218 cm³/mol. The third-order valence-corrected chi connectivity index (χ3v) is 11.4. The van der Waals surface area contributed by atoms with Crippen LogP contribution >= 0.6 is 0 Å². The Morgan fingerprint density at radius 3 is 1.59 bits per heavy atom. The molecule has 0 unspecified atom stereocenters. The van der Waals surface area contributed by atoms with Gasteiger partial charge in [-0.05, 0) is 121 Å². The summed E-state index contributed by atoms with van der Waals surface area (Å²) >= 11 is 0. The molecule has 9 aromatic rings. The fourth-order valence-corrected chi connectivity index (χ4v) is 8.70. The van der Waals surface area contributed by atoms with Crippen molar-refractivity contribution in [3.63, 3.8) is 0 Å². The van der Waals surface area contributed by atoms with Crippen molar-refractivity contribution in [2.45, 2.75) is 38.5 Å². The fraction of sp³-hybridized carbons (Fsp3) is 0.120. The molecule has 0 radical (unpaired) electrons. The fourth-order valence-electron chi connectivity index (χ4n) is 8.70. The average Bonchev–Trinajstić information content (AvgIpc) is 4.04.